The van der Waals surface area contributed by atoms with Gasteiger partial charge in [0.15, 0.2) is 0 Å². The maximum atomic E-state index is 11.7. The number of carbonyl (C=O) groups excluding carboxylic acids is 1. The van der Waals surface area contributed by atoms with E-state index >= 15 is 0 Å². The average molecular weight is 273 g/mol. The molecule has 1 aromatic carbocycles. The Labute approximate surface area is 114 Å². The lowest BCUT2D eigenvalue weighted by Crippen LogP contribution is -2.17. The van der Waals surface area contributed by atoms with Gasteiger partial charge < -0.3 is 4.42 Å². The fourth-order valence-electron chi connectivity index (χ4n) is 1.52. The summed E-state index contributed by atoms with van der Waals surface area (Å²) in [5, 5.41) is 14.4. The number of aryl methyl sites for hydroxylation is 1. The number of nitrogens with zero attached hydrogens (tertiary/aromatic N) is 2. The van der Waals surface area contributed by atoms with Gasteiger partial charge in [0, 0.05) is 23.3 Å². The molecular weight excluding hydrogens is 262 g/mol. The van der Waals surface area contributed by atoms with Crippen molar-refractivity contribution in [1.29, 1.82) is 0 Å². The van der Waals surface area contributed by atoms with Gasteiger partial charge in [-0.25, -0.2) is 5.43 Å². The number of hydrogen-bond donors (Lipinski definition) is 1. The van der Waals surface area contributed by atoms with E-state index in [1.807, 2.05) is 0 Å². The number of benzene rings is 1. The van der Waals surface area contributed by atoms with Crippen molar-refractivity contribution in [3.8, 4) is 0 Å². The second kappa shape index (κ2) is 5.79. The number of furan rings is 1. The number of hydrazone groups is 1. The van der Waals surface area contributed by atoms with Crippen molar-refractivity contribution < 1.29 is 14.1 Å². The lowest BCUT2D eigenvalue weighted by atomic mass is 10.2. The molecule has 20 heavy (non-hydrogen) atoms. The van der Waals surface area contributed by atoms with Crippen molar-refractivity contribution in [2.45, 2.75) is 6.92 Å². The average Bonchev–Trinajstić information content (AvgIpc) is 2.84. The smallest absolute Gasteiger partial charge is 0.271 e. The molecule has 0 spiro atoms. The van der Waals surface area contributed by atoms with Gasteiger partial charge in [-0.05, 0) is 19.1 Å². The van der Waals surface area contributed by atoms with Gasteiger partial charge in [0.1, 0.15) is 5.76 Å². The van der Waals surface area contributed by atoms with E-state index in [4.69, 9.17) is 4.42 Å². The molecule has 0 aliphatic rings. The number of nitrogens with one attached hydrogen (secondary N) is 1. The first-order valence-electron chi connectivity index (χ1n) is 5.69. The van der Waals surface area contributed by atoms with Crippen molar-refractivity contribution in [3.05, 3.63) is 63.6 Å². The fourth-order valence-corrected chi connectivity index (χ4v) is 1.52. The van der Waals surface area contributed by atoms with Crippen LogP contribution < -0.4 is 5.43 Å². The minimum absolute atomic E-state index is 0.146. The van der Waals surface area contributed by atoms with Crippen LogP contribution in [0.1, 0.15) is 21.7 Å². The Morgan fingerprint density at radius 1 is 1.45 bits per heavy atom. The molecule has 0 unspecified atom stereocenters. The monoisotopic (exact) mass is 273 g/mol. The van der Waals surface area contributed by atoms with Crippen LogP contribution in [0.25, 0.3) is 0 Å². The Bertz CT molecular complexity index is 676. The highest BCUT2D eigenvalue weighted by Crippen LogP contribution is 2.12. The number of nitro groups is 1. The highest BCUT2D eigenvalue weighted by atomic mass is 16.6. The van der Waals surface area contributed by atoms with Gasteiger partial charge >= 0.3 is 0 Å². The van der Waals surface area contributed by atoms with E-state index in [-0.39, 0.29) is 11.3 Å². The van der Waals surface area contributed by atoms with E-state index in [0.717, 1.165) is 5.76 Å². The first-order valence-corrected chi connectivity index (χ1v) is 5.69. The molecule has 1 heterocycles. The normalized spacial score (nSPS) is 10.7. The van der Waals surface area contributed by atoms with Gasteiger partial charge in [-0.3, -0.25) is 14.9 Å². The lowest BCUT2D eigenvalue weighted by Gasteiger charge is -1.99. The molecule has 0 aliphatic heterocycles. The molecule has 1 amide bonds. The molecule has 0 radical (unpaired) electrons. The van der Waals surface area contributed by atoms with Crippen LogP contribution in [0.3, 0.4) is 0 Å². The van der Waals surface area contributed by atoms with Gasteiger partial charge in [0.05, 0.1) is 17.4 Å². The van der Waals surface area contributed by atoms with Crippen LogP contribution in [0.4, 0.5) is 5.69 Å². The van der Waals surface area contributed by atoms with E-state index in [1.165, 1.54) is 36.7 Å². The van der Waals surface area contributed by atoms with Gasteiger partial charge in [0.25, 0.3) is 11.6 Å². The summed E-state index contributed by atoms with van der Waals surface area (Å²) in [5.74, 6) is 0.210. The number of amides is 1. The molecule has 1 aromatic heterocycles. The van der Waals surface area contributed by atoms with Crippen LogP contribution in [0.15, 0.2) is 46.1 Å². The molecule has 0 atom stereocenters. The van der Waals surface area contributed by atoms with Crippen molar-refractivity contribution in [2.24, 2.45) is 5.10 Å². The number of nitro benzene ring substituents is 1. The molecule has 0 bridgehead atoms. The maximum Gasteiger partial charge on any atom is 0.271 e. The van der Waals surface area contributed by atoms with Gasteiger partial charge in [0.2, 0.25) is 0 Å². The van der Waals surface area contributed by atoms with E-state index in [1.54, 1.807) is 13.0 Å². The molecule has 102 valence electrons. The number of rotatable bonds is 4. The molecule has 1 N–H and O–H groups in total. The van der Waals surface area contributed by atoms with Gasteiger partial charge in [-0.15, -0.1) is 0 Å². The summed E-state index contributed by atoms with van der Waals surface area (Å²) in [5.41, 5.74) is 3.02. The third kappa shape index (κ3) is 3.29. The Morgan fingerprint density at radius 2 is 2.25 bits per heavy atom. The Morgan fingerprint density at radius 3 is 2.90 bits per heavy atom. The van der Waals surface area contributed by atoms with Crippen molar-refractivity contribution in [2.75, 3.05) is 0 Å². The quantitative estimate of drug-likeness (QED) is 0.524. The molecular formula is C13H11N3O4. The lowest BCUT2D eigenvalue weighted by molar-refractivity contribution is -0.384. The van der Waals surface area contributed by atoms with Crippen LogP contribution in [-0.4, -0.2) is 17.0 Å². The third-order valence-corrected chi connectivity index (χ3v) is 2.45. The van der Waals surface area contributed by atoms with E-state index in [9.17, 15) is 14.9 Å². The van der Waals surface area contributed by atoms with Crippen molar-refractivity contribution in [3.63, 3.8) is 0 Å². The zero-order valence-electron chi connectivity index (χ0n) is 10.6. The SMILES string of the molecule is Cc1cc(/C=N/NC(=O)c2cccc([N+](=O)[O-])c2)co1. The number of hydrogen-bond acceptors (Lipinski definition) is 5. The summed E-state index contributed by atoms with van der Waals surface area (Å²) in [6.45, 7) is 1.79. The van der Waals surface area contributed by atoms with Crippen LogP contribution in [0.2, 0.25) is 0 Å². The maximum absolute atomic E-state index is 11.7. The second-order valence-corrected chi connectivity index (χ2v) is 4.00. The zero-order chi connectivity index (χ0) is 14.5. The summed E-state index contributed by atoms with van der Waals surface area (Å²) in [6.07, 6.45) is 2.92. The molecule has 0 fully saturated rings. The summed E-state index contributed by atoms with van der Waals surface area (Å²) < 4.78 is 5.07. The minimum atomic E-state index is -0.561. The number of carbonyl (C=O) groups is 1. The standard InChI is InChI=1S/C13H11N3O4/c1-9-5-10(8-20-9)7-14-15-13(17)11-3-2-4-12(6-11)16(18)19/h2-8H,1H3,(H,15,17)/b14-7+. The fraction of sp³-hybridized carbons (Fsp3) is 0.0769. The molecule has 0 aliphatic carbocycles. The summed E-state index contributed by atoms with van der Waals surface area (Å²) in [6, 6.07) is 7.17. The van der Waals surface area contributed by atoms with E-state index in [2.05, 4.69) is 10.5 Å². The molecule has 7 nitrogen and oxygen atoms in total. The largest absolute Gasteiger partial charge is 0.469 e. The predicted octanol–water partition coefficient (Wildman–Crippen LogP) is 2.26. The second-order valence-electron chi connectivity index (χ2n) is 4.00. The van der Waals surface area contributed by atoms with E-state index in [0.29, 0.717) is 5.56 Å². The molecule has 0 saturated heterocycles. The molecule has 2 aromatic rings. The van der Waals surface area contributed by atoms with Crippen LogP contribution in [0, 0.1) is 17.0 Å². The Kier molecular flexibility index (Phi) is 3.90. The Hall–Kier alpha value is -2.96. The van der Waals surface area contributed by atoms with Crippen LogP contribution in [-0.2, 0) is 0 Å². The van der Waals surface area contributed by atoms with Gasteiger partial charge in [-0.1, -0.05) is 6.07 Å². The van der Waals surface area contributed by atoms with E-state index < -0.39 is 10.8 Å². The molecule has 2 rings (SSSR count). The molecule has 0 saturated carbocycles. The summed E-state index contributed by atoms with van der Waals surface area (Å²) in [4.78, 5) is 21.8. The highest BCUT2D eigenvalue weighted by molar-refractivity contribution is 5.95. The first-order chi connectivity index (χ1) is 9.56. The van der Waals surface area contributed by atoms with Crippen LogP contribution in [0.5, 0.6) is 0 Å². The number of non-ortho nitro benzene ring substituents is 1. The highest BCUT2D eigenvalue weighted by Gasteiger charge is 2.10. The predicted molar refractivity (Wildman–Crippen MR) is 71.6 cm³/mol. The zero-order valence-corrected chi connectivity index (χ0v) is 10.6. The van der Waals surface area contributed by atoms with Crippen molar-refractivity contribution in [1.82, 2.24) is 5.43 Å². The minimum Gasteiger partial charge on any atom is -0.469 e. The van der Waals surface area contributed by atoms with Gasteiger partial charge in [-0.2, -0.15) is 5.10 Å². The van der Waals surface area contributed by atoms with Crippen molar-refractivity contribution >= 4 is 17.8 Å². The third-order valence-electron chi connectivity index (χ3n) is 2.45. The van der Waals surface area contributed by atoms with Crippen LogP contribution >= 0.6 is 0 Å². The first kappa shape index (κ1) is 13.5. The summed E-state index contributed by atoms with van der Waals surface area (Å²) >= 11 is 0. The Balaban J connectivity index is 2.03. The molecule has 7 heteroatoms. The topological polar surface area (TPSA) is 97.7 Å². The summed E-state index contributed by atoms with van der Waals surface area (Å²) in [7, 11) is 0.